The molecule has 10 heteroatoms. The Morgan fingerprint density at radius 3 is 2.53 bits per heavy atom. The van der Waals surface area contributed by atoms with Crippen molar-refractivity contribution in [1.29, 1.82) is 0 Å². The van der Waals surface area contributed by atoms with Crippen LogP contribution in [0.1, 0.15) is 32.7 Å². The Kier molecular flexibility index (Phi) is 8.82. The molecular formula is C26H32FN5O3S. The molecule has 2 heterocycles. The number of para-hydroxylation sites is 1. The van der Waals surface area contributed by atoms with Gasteiger partial charge >= 0.3 is 0 Å². The smallest absolute Gasteiger partial charge is 0.234 e. The molecule has 0 saturated carbocycles. The zero-order valence-corrected chi connectivity index (χ0v) is 21.6. The van der Waals surface area contributed by atoms with Crippen molar-refractivity contribution >= 4 is 29.0 Å². The predicted octanol–water partition coefficient (Wildman–Crippen LogP) is 4.78. The Morgan fingerprint density at radius 1 is 1.11 bits per heavy atom. The van der Waals surface area contributed by atoms with Gasteiger partial charge in [-0.25, -0.2) is 4.39 Å². The van der Waals surface area contributed by atoms with Crippen molar-refractivity contribution < 1.29 is 18.7 Å². The number of thioether (sulfide) groups is 1. The molecule has 0 bridgehead atoms. The van der Waals surface area contributed by atoms with Crippen LogP contribution >= 0.6 is 11.8 Å². The van der Waals surface area contributed by atoms with Crippen LogP contribution in [0.3, 0.4) is 0 Å². The highest BCUT2D eigenvalue weighted by atomic mass is 32.2. The first kappa shape index (κ1) is 26.0. The lowest BCUT2D eigenvalue weighted by Crippen LogP contribution is -2.36. The molecule has 4 rings (SSSR count). The van der Waals surface area contributed by atoms with E-state index < -0.39 is 11.9 Å². The summed E-state index contributed by atoms with van der Waals surface area (Å²) in [7, 11) is 0. The van der Waals surface area contributed by atoms with Crippen LogP contribution < -0.4 is 15.0 Å². The lowest BCUT2D eigenvalue weighted by atomic mass is 10.2. The van der Waals surface area contributed by atoms with Gasteiger partial charge in [-0.1, -0.05) is 37.7 Å². The van der Waals surface area contributed by atoms with E-state index in [0.29, 0.717) is 23.4 Å². The standard InChI is InChI=1S/C26H32FN5O3S/c1-18(2)16-32-25(19(3)35-23-7-5-4-6-22(23)27)29-30-26(32)36-17-24(33)28-20-8-10-21(11-9-20)31-12-14-34-15-13-31/h4-11,18-19H,12-17H2,1-3H3,(H,28,33). The molecule has 1 aromatic heterocycles. The number of carbonyl (C=O) groups is 1. The zero-order valence-electron chi connectivity index (χ0n) is 20.8. The Labute approximate surface area is 215 Å². The van der Waals surface area contributed by atoms with Gasteiger partial charge in [0.1, 0.15) is 0 Å². The molecule has 1 amide bonds. The number of rotatable bonds is 10. The SMILES string of the molecule is CC(C)Cn1c(SCC(=O)Nc2ccc(N3CCOCC3)cc2)nnc1C(C)Oc1ccccc1F. The number of halogens is 1. The van der Waals surface area contributed by atoms with E-state index in [9.17, 15) is 9.18 Å². The van der Waals surface area contributed by atoms with Gasteiger partial charge in [-0.05, 0) is 49.2 Å². The molecule has 0 radical (unpaired) electrons. The van der Waals surface area contributed by atoms with Crippen LogP contribution in [-0.2, 0) is 16.1 Å². The van der Waals surface area contributed by atoms with Gasteiger partial charge in [0, 0.05) is 31.0 Å². The summed E-state index contributed by atoms with van der Waals surface area (Å²) >= 11 is 1.32. The molecule has 0 aliphatic carbocycles. The third-order valence-electron chi connectivity index (χ3n) is 5.66. The molecule has 2 aromatic carbocycles. The summed E-state index contributed by atoms with van der Waals surface area (Å²) in [6.07, 6.45) is -0.513. The van der Waals surface area contributed by atoms with Crippen molar-refractivity contribution in [3.63, 3.8) is 0 Å². The van der Waals surface area contributed by atoms with E-state index in [1.807, 2.05) is 35.8 Å². The summed E-state index contributed by atoms with van der Waals surface area (Å²) in [5, 5.41) is 12.2. The number of carbonyl (C=O) groups excluding carboxylic acids is 1. The van der Waals surface area contributed by atoms with E-state index in [1.165, 1.54) is 17.8 Å². The fourth-order valence-corrected chi connectivity index (χ4v) is 4.69. The van der Waals surface area contributed by atoms with Crippen LogP contribution in [0.25, 0.3) is 0 Å². The number of ether oxygens (including phenoxy) is 2. The van der Waals surface area contributed by atoms with E-state index in [2.05, 4.69) is 34.3 Å². The first-order valence-electron chi connectivity index (χ1n) is 12.1. The second-order valence-corrected chi connectivity index (χ2v) is 9.96. The average Bonchev–Trinajstić information content (AvgIpc) is 3.27. The van der Waals surface area contributed by atoms with Gasteiger partial charge in [0.05, 0.1) is 19.0 Å². The van der Waals surface area contributed by atoms with Crippen molar-refractivity contribution in [3.05, 3.63) is 60.2 Å². The number of nitrogens with one attached hydrogen (secondary N) is 1. The maximum absolute atomic E-state index is 14.1. The topological polar surface area (TPSA) is 81.5 Å². The van der Waals surface area contributed by atoms with Crippen LogP contribution in [0.15, 0.2) is 53.7 Å². The van der Waals surface area contributed by atoms with E-state index >= 15 is 0 Å². The second-order valence-electron chi connectivity index (χ2n) is 9.02. The minimum Gasteiger partial charge on any atom is -0.480 e. The number of anilines is 2. The van der Waals surface area contributed by atoms with E-state index in [1.54, 1.807) is 18.2 Å². The molecule has 1 aliphatic heterocycles. The van der Waals surface area contributed by atoms with Crippen molar-refractivity contribution in [2.75, 3.05) is 42.3 Å². The van der Waals surface area contributed by atoms with Gasteiger partial charge in [-0.15, -0.1) is 10.2 Å². The summed E-state index contributed by atoms with van der Waals surface area (Å²) < 4.78 is 27.2. The van der Waals surface area contributed by atoms with Crippen LogP contribution in [0, 0.1) is 11.7 Å². The van der Waals surface area contributed by atoms with Crippen molar-refractivity contribution in [2.24, 2.45) is 5.92 Å². The Hall–Kier alpha value is -3.11. The minimum atomic E-state index is -0.513. The maximum atomic E-state index is 14.1. The molecular weight excluding hydrogens is 481 g/mol. The van der Waals surface area contributed by atoms with Gasteiger partial charge in [-0.3, -0.25) is 4.79 Å². The highest BCUT2D eigenvalue weighted by Gasteiger charge is 2.22. The molecule has 192 valence electrons. The molecule has 3 aromatic rings. The average molecular weight is 514 g/mol. The quantitative estimate of drug-likeness (QED) is 0.391. The van der Waals surface area contributed by atoms with Gasteiger partial charge < -0.3 is 24.3 Å². The number of nitrogens with zero attached hydrogens (tertiary/aromatic N) is 4. The zero-order chi connectivity index (χ0) is 25.5. The van der Waals surface area contributed by atoms with Crippen LogP contribution in [0.4, 0.5) is 15.8 Å². The molecule has 1 atom stereocenters. The number of hydrogen-bond acceptors (Lipinski definition) is 7. The third kappa shape index (κ3) is 6.76. The van der Waals surface area contributed by atoms with Gasteiger partial charge in [0.25, 0.3) is 0 Å². The van der Waals surface area contributed by atoms with Crippen molar-refractivity contribution in [3.8, 4) is 5.75 Å². The lowest BCUT2D eigenvalue weighted by Gasteiger charge is -2.28. The number of morpholine rings is 1. The minimum absolute atomic E-state index is 0.129. The van der Waals surface area contributed by atoms with Gasteiger partial charge in [0.2, 0.25) is 5.91 Å². The Morgan fingerprint density at radius 2 is 1.83 bits per heavy atom. The van der Waals surface area contributed by atoms with Crippen molar-refractivity contribution in [1.82, 2.24) is 14.8 Å². The predicted molar refractivity (Wildman–Crippen MR) is 139 cm³/mol. The van der Waals surface area contributed by atoms with Crippen LogP contribution in [0.2, 0.25) is 0 Å². The summed E-state index contributed by atoms with van der Waals surface area (Å²) in [5.41, 5.74) is 1.86. The number of benzene rings is 2. The molecule has 1 aliphatic rings. The highest BCUT2D eigenvalue weighted by Crippen LogP contribution is 2.27. The molecule has 1 fully saturated rings. The first-order chi connectivity index (χ1) is 17.4. The summed E-state index contributed by atoms with van der Waals surface area (Å²) in [6.45, 7) is 9.84. The molecule has 8 nitrogen and oxygen atoms in total. The summed E-state index contributed by atoms with van der Waals surface area (Å²) in [5.74, 6) is 0.702. The Bertz CT molecular complexity index is 1150. The van der Waals surface area contributed by atoms with Crippen molar-refractivity contribution in [2.45, 2.75) is 38.6 Å². The summed E-state index contributed by atoms with van der Waals surface area (Å²) in [4.78, 5) is 14.9. The second kappa shape index (κ2) is 12.2. The van der Waals surface area contributed by atoms with E-state index in [-0.39, 0.29) is 17.4 Å². The normalized spacial score (nSPS) is 14.6. The fraction of sp³-hybridized carbons (Fsp3) is 0.423. The molecule has 1 N–H and O–H groups in total. The van der Waals surface area contributed by atoms with E-state index in [4.69, 9.17) is 9.47 Å². The number of amides is 1. The first-order valence-corrected chi connectivity index (χ1v) is 13.1. The Balaban J connectivity index is 1.37. The van der Waals surface area contributed by atoms with Crippen LogP contribution in [-0.4, -0.2) is 52.7 Å². The molecule has 36 heavy (non-hydrogen) atoms. The maximum Gasteiger partial charge on any atom is 0.234 e. The third-order valence-corrected chi connectivity index (χ3v) is 6.62. The van der Waals surface area contributed by atoms with Crippen LogP contribution in [0.5, 0.6) is 5.75 Å². The summed E-state index contributed by atoms with van der Waals surface area (Å²) in [6, 6.07) is 14.1. The molecule has 1 unspecified atom stereocenters. The molecule has 1 saturated heterocycles. The molecule has 0 spiro atoms. The number of aromatic nitrogens is 3. The highest BCUT2D eigenvalue weighted by molar-refractivity contribution is 7.99. The van der Waals surface area contributed by atoms with E-state index in [0.717, 1.165) is 37.7 Å². The monoisotopic (exact) mass is 513 g/mol. The van der Waals surface area contributed by atoms with Gasteiger partial charge in [0.15, 0.2) is 28.7 Å². The van der Waals surface area contributed by atoms with Gasteiger partial charge in [-0.2, -0.15) is 0 Å². The fourth-order valence-electron chi connectivity index (χ4n) is 3.93. The number of hydrogen-bond donors (Lipinski definition) is 1. The lowest BCUT2D eigenvalue weighted by molar-refractivity contribution is -0.113. The largest absolute Gasteiger partial charge is 0.480 e.